The smallest absolute Gasteiger partial charge is 0.278 e. The molecule has 1 aromatic rings. The first-order valence-electron chi connectivity index (χ1n) is 10.2. The van der Waals surface area contributed by atoms with Crippen LogP contribution in [0.5, 0.6) is 0 Å². The van der Waals surface area contributed by atoms with Crippen LogP contribution >= 0.6 is 0 Å². The van der Waals surface area contributed by atoms with Crippen molar-refractivity contribution in [3.63, 3.8) is 0 Å². The van der Waals surface area contributed by atoms with Crippen LogP contribution in [0.15, 0.2) is 30.3 Å². The third-order valence-electron chi connectivity index (χ3n) is 6.34. The molecule has 2 aliphatic rings. The van der Waals surface area contributed by atoms with E-state index in [-0.39, 0.29) is 11.9 Å². The third-order valence-corrected chi connectivity index (χ3v) is 6.34. The number of hydrogen-bond acceptors (Lipinski definition) is 1. The summed E-state index contributed by atoms with van der Waals surface area (Å²) in [6.07, 6.45) is 5.00. The van der Waals surface area contributed by atoms with Crippen molar-refractivity contribution in [2.45, 2.75) is 58.2 Å². The van der Waals surface area contributed by atoms with Crippen LogP contribution in [0.3, 0.4) is 0 Å². The van der Waals surface area contributed by atoms with Crippen LogP contribution in [-0.4, -0.2) is 44.2 Å². The number of nitrogens with one attached hydrogen (secondary N) is 3. The molecule has 1 saturated carbocycles. The van der Waals surface area contributed by atoms with E-state index in [0.29, 0.717) is 12.0 Å². The van der Waals surface area contributed by atoms with Crippen LogP contribution in [-0.2, 0) is 11.3 Å². The van der Waals surface area contributed by atoms with Gasteiger partial charge in [0.25, 0.3) is 5.91 Å². The summed E-state index contributed by atoms with van der Waals surface area (Å²) in [5, 5.41) is 3.35. The molecule has 0 radical (unpaired) electrons. The Hall–Kier alpha value is -1.39. The fraction of sp³-hybridized carbons (Fsp3) is 0.667. The minimum Gasteiger partial charge on any atom is -0.348 e. The molecule has 0 unspecified atom stereocenters. The lowest BCUT2D eigenvalue weighted by Gasteiger charge is -2.34. The van der Waals surface area contributed by atoms with Crippen LogP contribution < -0.4 is 15.1 Å². The van der Waals surface area contributed by atoms with E-state index in [9.17, 15) is 4.79 Å². The molecule has 1 heterocycles. The second-order valence-electron chi connectivity index (χ2n) is 8.17. The molecular formula is C21H35N3O+2. The van der Waals surface area contributed by atoms with E-state index in [2.05, 4.69) is 49.5 Å². The maximum atomic E-state index is 12.7. The molecule has 0 spiro atoms. The molecule has 25 heavy (non-hydrogen) atoms. The maximum Gasteiger partial charge on any atom is 0.278 e. The lowest BCUT2D eigenvalue weighted by atomic mass is 9.86. The molecule has 1 aromatic carbocycles. The number of rotatable bonds is 5. The highest BCUT2D eigenvalue weighted by Crippen LogP contribution is 2.23. The van der Waals surface area contributed by atoms with Crippen LogP contribution in [0.2, 0.25) is 0 Å². The topological polar surface area (TPSA) is 38.0 Å². The molecule has 4 nitrogen and oxygen atoms in total. The number of carbonyl (C=O) groups excluding carboxylic acids is 1. The number of benzene rings is 1. The first-order valence-corrected chi connectivity index (χ1v) is 10.2. The molecule has 0 bridgehead atoms. The van der Waals surface area contributed by atoms with E-state index < -0.39 is 0 Å². The average molecular weight is 346 g/mol. The molecule has 4 heteroatoms. The van der Waals surface area contributed by atoms with Crippen molar-refractivity contribution in [3.05, 3.63) is 35.9 Å². The zero-order valence-corrected chi connectivity index (χ0v) is 15.9. The van der Waals surface area contributed by atoms with Crippen molar-refractivity contribution >= 4 is 5.91 Å². The van der Waals surface area contributed by atoms with E-state index in [1.54, 1.807) is 4.90 Å². The van der Waals surface area contributed by atoms with Gasteiger partial charge >= 0.3 is 0 Å². The highest BCUT2D eigenvalue weighted by molar-refractivity contribution is 5.80. The Bertz CT molecular complexity index is 539. The summed E-state index contributed by atoms with van der Waals surface area (Å²) in [4.78, 5) is 15.8. The van der Waals surface area contributed by atoms with Crippen molar-refractivity contribution < 1.29 is 14.6 Å². The van der Waals surface area contributed by atoms with Gasteiger partial charge in [0.15, 0.2) is 6.04 Å². The molecule has 3 rings (SSSR count). The SMILES string of the molecule is C[C@@H]1CCCC[C@H]1NC(=O)[C@@H](C)[NH+]1CC[NH+](Cc2ccccc2)CC1. The fourth-order valence-electron chi connectivity index (χ4n) is 4.44. The van der Waals surface area contributed by atoms with Gasteiger partial charge in [-0.3, -0.25) is 4.79 Å². The van der Waals surface area contributed by atoms with Crippen molar-refractivity contribution in [1.82, 2.24) is 5.32 Å². The van der Waals surface area contributed by atoms with Gasteiger partial charge in [-0.1, -0.05) is 50.1 Å². The van der Waals surface area contributed by atoms with E-state index in [1.807, 2.05) is 0 Å². The van der Waals surface area contributed by atoms with Gasteiger partial charge in [0.2, 0.25) is 0 Å². The molecule has 1 aliphatic heterocycles. The predicted molar refractivity (Wildman–Crippen MR) is 101 cm³/mol. The normalized spacial score (nSPS) is 31.3. The standard InChI is InChI=1S/C21H33N3O/c1-17-8-6-7-11-20(17)22-21(25)18(2)24-14-12-23(13-15-24)16-19-9-4-3-5-10-19/h3-5,9-10,17-18,20H,6-8,11-16H2,1-2H3,(H,22,25)/p+2/t17-,18-,20-/m1/s1. The van der Waals surface area contributed by atoms with Crippen LogP contribution in [0.4, 0.5) is 0 Å². The largest absolute Gasteiger partial charge is 0.348 e. The Morgan fingerprint density at radius 1 is 1.12 bits per heavy atom. The molecule has 138 valence electrons. The summed E-state index contributed by atoms with van der Waals surface area (Å²) in [6, 6.07) is 11.2. The van der Waals surface area contributed by atoms with Gasteiger partial charge in [-0.25, -0.2) is 0 Å². The van der Waals surface area contributed by atoms with Gasteiger partial charge in [-0.05, 0) is 25.7 Å². The molecule has 3 atom stereocenters. The summed E-state index contributed by atoms with van der Waals surface area (Å²) in [5.74, 6) is 0.896. The summed E-state index contributed by atoms with van der Waals surface area (Å²) in [6.45, 7) is 10.00. The van der Waals surface area contributed by atoms with Gasteiger partial charge in [0.1, 0.15) is 32.7 Å². The third kappa shape index (κ3) is 5.05. The summed E-state index contributed by atoms with van der Waals surface area (Å²) >= 11 is 0. The molecule has 1 saturated heterocycles. The molecule has 3 N–H and O–H groups in total. The van der Waals surface area contributed by atoms with Gasteiger partial charge in [-0.2, -0.15) is 0 Å². The Labute approximate surface area is 152 Å². The monoisotopic (exact) mass is 345 g/mol. The van der Waals surface area contributed by atoms with Gasteiger partial charge in [-0.15, -0.1) is 0 Å². The van der Waals surface area contributed by atoms with Crippen molar-refractivity contribution in [3.8, 4) is 0 Å². The first kappa shape index (κ1) is 18.4. The number of quaternary nitrogens is 2. The Morgan fingerprint density at radius 2 is 1.80 bits per heavy atom. The number of piperazine rings is 1. The van der Waals surface area contributed by atoms with E-state index in [4.69, 9.17) is 0 Å². The van der Waals surface area contributed by atoms with Crippen molar-refractivity contribution in [2.75, 3.05) is 26.2 Å². The fourth-order valence-corrected chi connectivity index (χ4v) is 4.44. The van der Waals surface area contributed by atoms with Gasteiger partial charge in [0.05, 0.1) is 0 Å². The minimum atomic E-state index is 0.0763. The highest BCUT2D eigenvalue weighted by Gasteiger charge is 2.33. The summed E-state index contributed by atoms with van der Waals surface area (Å²) in [7, 11) is 0. The lowest BCUT2D eigenvalue weighted by molar-refractivity contribution is -1.02. The van der Waals surface area contributed by atoms with Crippen LogP contribution in [0, 0.1) is 5.92 Å². The molecule has 1 amide bonds. The second-order valence-corrected chi connectivity index (χ2v) is 8.17. The minimum absolute atomic E-state index is 0.0763. The maximum absolute atomic E-state index is 12.7. The Morgan fingerprint density at radius 3 is 2.48 bits per heavy atom. The van der Waals surface area contributed by atoms with Gasteiger partial charge < -0.3 is 15.1 Å². The number of carbonyl (C=O) groups is 1. The second kappa shape index (κ2) is 8.81. The van der Waals surface area contributed by atoms with Crippen LogP contribution in [0.25, 0.3) is 0 Å². The van der Waals surface area contributed by atoms with Crippen LogP contribution in [0.1, 0.15) is 45.1 Å². The van der Waals surface area contributed by atoms with E-state index in [0.717, 1.165) is 39.1 Å². The molecular weight excluding hydrogens is 310 g/mol. The molecule has 2 fully saturated rings. The lowest BCUT2D eigenvalue weighted by Crippen LogP contribution is -3.29. The average Bonchev–Trinajstić information content (AvgIpc) is 2.64. The van der Waals surface area contributed by atoms with Gasteiger partial charge in [0, 0.05) is 11.6 Å². The van der Waals surface area contributed by atoms with E-state index in [1.165, 1.54) is 29.7 Å². The van der Waals surface area contributed by atoms with E-state index >= 15 is 0 Å². The first-order chi connectivity index (χ1) is 12.1. The number of hydrogen-bond donors (Lipinski definition) is 3. The quantitative estimate of drug-likeness (QED) is 0.693. The zero-order valence-electron chi connectivity index (χ0n) is 15.9. The Kier molecular flexibility index (Phi) is 6.49. The zero-order chi connectivity index (χ0) is 17.6. The van der Waals surface area contributed by atoms with Crippen molar-refractivity contribution in [2.24, 2.45) is 5.92 Å². The molecule has 1 aliphatic carbocycles. The number of amides is 1. The summed E-state index contributed by atoms with van der Waals surface area (Å²) in [5.41, 5.74) is 1.41. The van der Waals surface area contributed by atoms with Crippen molar-refractivity contribution in [1.29, 1.82) is 0 Å². The molecule has 0 aromatic heterocycles. The highest BCUT2D eigenvalue weighted by atomic mass is 16.2. The predicted octanol–water partition coefficient (Wildman–Crippen LogP) is 0.0534. The summed E-state index contributed by atoms with van der Waals surface area (Å²) < 4.78 is 0. The Balaban J connectivity index is 1.44.